The number of unbranched alkanes of at least 4 members (excludes halogenated alkanes) is 3. The number of carbonyl (C=O) groups excluding carboxylic acids is 2. The van der Waals surface area contributed by atoms with Crippen LogP contribution in [-0.2, 0) is 9.59 Å². The van der Waals surface area contributed by atoms with Gasteiger partial charge in [-0.25, -0.2) is 10.9 Å². The molecule has 114 valence electrons. The van der Waals surface area contributed by atoms with Crippen molar-refractivity contribution in [1.82, 2.24) is 10.9 Å². The predicted molar refractivity (Wildman–Crippen MR) is 81.6 cm³/mol. The maximum absolute atomic E-state index is 11.3. The Hall–Kier alpha value is -1.72. The predicted octanol–water partition coefficient (Wildman–Crippen LogP) is 2.35. The first-order valence-electron chi connectivity index (χ1n) is 7.01. The first-order chi connectivity index (χ1) is 9.41. The molecule has 6 heteroatoms. The van der Waals surface area contributed by atoms with Gasteiger partial charge in [0, 0.05) is 24.3 Å². The van der Waals surface area contributed by atoms with Gasteiger partial charge in [-0.3, -0.25) is 9.59 Å². The van der Waals surface area contributed by atoms with Crippen LogP contribution < -0.4 is 10.9 Å². The number of hydrogen-bond acceptors (Lipinski definition) is 4. The molecule has 0 bridgehead atoms. The zero-order valence-electron chi connectivity index (χ0n) is 13.0. The molecule has 6 nitrogen and oxygen atoms in total. The van der Waals surface area contributed by atoms with Gasteiger partial charge in [0.2, 0.25) is 11.8 Å². The van der Waals surface area contributed by atoms with Crippen LogP contribution in [0.25, 0.3) is 0 Å². The highest BCUT2D eigenvalue weighted by Crippen LogP contribution is 2.05. The Bertz CT molecular complexity index is 331. The largest absolute Gasteiger partial charge is 0.273 e. The van der Waals surface area contributed by atoms with E-state index in [9.17, 15) is 9.59 Å². The highest BCUT2D eigenvalue weighted by molar-refractivity contribution is 5.83. The highest BCUT2D eigenvalue weighted by atomic mass is 16.2. The summed E-state index contributed by atoms with van der Waals surface area (Å²) in [7, 11) is 0. The third-order valence-electron chi connectivity index (χ3n) is 2.37. The molecule has 20 heavy (non-hydrogen) atoms. The molecule has 0 fully saturated rings. The molecule has 0 rings (SSSR count). The average molecular weight is 282 g/mol. The Labute approximate surface area is 121 Å². The Morgan fingerprint density at radius 2 is 1.05 bits per heavy atom. The third-order valence-corrected chi connectivity index (χ3v) is 2.37. The number of nitrogens with zero attached hydrogens (tertiary/aromatic N) is 2. The van der Waals surface area contributed by atoms with E-state index in [-0.39, 0.29) is 11.8 Å². The molecule has 0 saturated carbocycles. The molecule has 0 radical (unpaired) electrons. The van der Waals surface area contributed by atoms with Gasteiger partial charge >= 0.3 is 0 Å². The summed E-state index contributed by atoms with van der Waals surface area (Å²) in [6.45, 7) is 7.32. The summed E-state index contributed by atoms with van der Waals surface area (Å²) in [6, 6.07) is 0. The summed E-state index contributed by atoms with van der Waals surface area (Å²) in [4.78, 5) is 22.7. The van der Waals surface area contributed by atoms with E-state index in [1.54, 1.807) is 0 Å². The van der Waals surface area contributed by atoms with Gasteiger partial charge in [0.15, 0.2) is 0 Å². The van der Waals surface area contributed by atoms with E-state index in [0.717, 1.165) is 37.1 Å². The van der Waals surface area contributed by atoms with E-state index in [1.165, 1.54) is 0 Å². The second kappa shape index (κ2) is 11.1. The van der Waals surface area contributed by atoms with Gasteiger partial charge in [-0.1, -0.05) is 12.8 Å². The maximum Gasteiger partial charge on any atom is 0.240 e. The second-order valence-electron chi connectivity index (χ2n) is 5.10. The third kappa shape index (κ3) is 12.7. The van der Waals surface area contributed by atoms with Crippen molar-refractivity contribution >= 4 is 23.2 Å². The van der Waals surface area contributed by atoms with Crippen LogP contribution in [0.3, 0.4) is 0 Å². The van der Waals surface area contributed by atoms with Crippen LogP contribution in [0.2, 0.25) is 0 Å². The van der Waals surface area contributed by atoms with E-state index in [4.69, 9.17) is 0 Å². The van der Waals surface area contributed by atoms with Crippen molar-refractivity contribution < 1.29 is 9.59 Å². The molecule has 0 aliphatic heterocycles. The normalized spacial score (nSPS) is 9.60. The number of rotatable bonds is 9. The molecule has 2 N–H and O–H groups in total. The van der Waals surface area contributed by atoms with Crippen molar-refractivity contribution in [2.45, 2.75) is 66.2 Å². The molecule has 0 saturated heterocycles. The molecule has 0 heterocycles. The zero-order valence-corrected chi connectivity index (χ0v) is 13.0. The van der Waals surface area contributed by atoms with Crippen molar-refractivity contribution in [3.05, 3.63) is 0 Å². The van der Waals surface area contributed by atoms with E-state index in [1.807, 2.05) is 27.7 Å². The standard InChI is InChI=1S/C14H26N4O2/c1-11(2)15-17-13(19)9-7-5-6-8-10-14(20)18-16-12(3)4/h5-10H2,1-4H3,(H,17,19)(H,18,20). The lowest BCUT2D eigenvalue weighted by Gasteiger charge is -2.02. The van der Waals surface area contributed by atoms with E-state index < -0.39 is 0 Å². The van der Waals surface area contributed by atoms with Crippen LogP contribution in [0.1, 0.15) is 66.2 Å². The molecule has 0 spiro atoms. The summed E-state index contributed by atoms with van der Waals surface area (Å²) in [5, 5.41) is 7.70. The van der Waals surface area contributed by atoms with Gasteiger partial charge in [-0.15, -0.1) is 0 Å². The summed E-state index contributed by atoms with van der Waals surface area (Å²) in [5.41, 5.74) is 6.63. The van der Waals surface area contributed by atoms with E-state index in [0.29, 0.717) is 12.8 Å². The first-order valence-corrected chi connectivity index (χ1v) is 7.01. The lowest BCUT2D eigenvalue weighted by atomic mass is 10.1. The molecular formula is C14H26N4O2. The fourth-order valence-corrected chi connectivity index (χ4v) is 1.38. The fraction of sp³-hybridized carbons (Fsp3) is 0.714. The quantitative estimate of drug-likeness (QED) is 0.386. The molecular weight excluding hydrogens is 256 g/mol. The Balaban J connectivity index is 3.49. The minimum absolute atomic E-state index is 0.0586. The Morgan fingerprint density at radius 1 is 0.700 bits per heavy atom. The molecule has 0 atom stereocenters. The summed E-state index contributed by atoms with van der Waals surface area (Å²) in [5.74, 6) is -0.117. The molecule has 0 aromatic heterocycles. The van der Waals surface area contributed by atoms with Gasteiger partial charge in [-0.05, 0) is 40.5 Å². The highest BCUT2D eigenvalue weighted by Gasteiger charge is 2.01. The van der Waals surface area contributed by atoms with Crippen LogP contribution in [-0.4, -0.2) is 23.2 Å². The topological polar surface area (TPSA) is 82.9 Å². The van der Waals surface area contributed by atoms with Crippen molar-refractivity contribution in [3.8, 4) is 0 Å². The van der Waals surface area contributed by atoms with Crippen molar-refractivity contribution in [2.24, 2.45) is 10.2 Å². The van der Waals surface area contributed by atoms with E-state index in [2.05, 4.69) is 21.1 Å². The number of hydrogen-bond donors (Lipinski definition) is 2. The summed E-state index contributed by atoms with van der Waals surface area (Å²) < 4.78 is 0. The summed E-state index contributed by atoms with van der Waals surface area (Å²) in [6.07, 6.45) is 4.46. The van der Waals surface area contributed by atoms with Crippen molar-refractivity contribution in [2.75, 3.05) is 0 Å². The maximum atomic E-state index is 11.3. The molecule has 0 aliphatic carbocycles. The fourth-order valence-electron chi connectivity index (χ4n) is 1.38. The molecule has 0 aromatic carbocycles. The van der Waals surface area contributed by atoms with Crippen molar-refractivity contribution in [3.63, 3.8) is 0 Å². The van der Waals surface area contributed by atoms with Gasteiger partial charge in [-0.2, -0.15) is 10.2 Å². The lowest BCUT2D eigenvalue weighted by molar-refractivity contribution is -0.122. The van der Waals surface area contributed by atoms with E-state index >= 15 is 0 Å². The smallest absolute Gasteiger partial charge is 0.240 e. The molecule has 0 aliphatic rings. The average Bonchev–Trinajstić information content (AvgIpc) is 2.37. The monoisotopic (exact) mass is 282 g/mol. The Morgan fingerprint density at radius 3 is 1.35 bits per heavy atom. The van der Waals surface area contributed by atoms with Gasteiger partial charge in [0.25, 0.3) is 0 Å². The van der Waals surface area contributed by atoms with Crippen molar-refractivity contribution in [1.29, 1.82) is 0 Å². The van der Waals surface area contributed by atoms with Crippen LogP contribution in [0.15, 0.2) is 10.2 Å². The van der Waals surface area contributed by atoms with Gasteiger partial charge in [0.1, 0.15) is 0 Å². The Kier molecular flexibility index (Phi) is 10.2. The molecule has 2 amide bonds. The molecule has 0 aromatic rings. The second-order valence-corrected chi connectivity index (χ2v) is 5.10. The zero-order chi connectivity index (χ0) is 15.4. The number of amides is 2. The molecule has 0 unspecified atom stereocenters. The minimum atomic E-state index is -0.0586. The van der Waals surface area contributed by atoms with Gasteiger partial charge < -0.3 is 0 Å². The van der Waals surface area contributed by atoms with Crippen LogP contribution in [0.5, 0.6) is 0 Å². The number of carbonyl (C=O) groups is 2. The number of nitrogens with one attached hydrogen (secondary N) is 2. The minimum Gasteiger partial charge on any atom is -0.273 e. The van der Waals surface area contributed by atoms with Crippen LogP contribution in [0, 0.1) is 0 Å². The SMILES string of the molecule is CC(C)=NNC(=O)CCCCCCC(=O)NN=C(C)C. The lowest BCUT2D eigenvalue weighted by Crippen LogP contribution is -2.18. The van der Waals surface area contributed by atoms with Crippen LogP contribution in [0.4, 0.5) is 0 Å². The van der Waals surface area contributed by atoms with Gasteiger partial charge in [0.05, 0.1) is 0 Å². The number of hydrazone groups is 2. The first kappa shape index (κ1) is 18.3. The summed E-state index contributed by atoms with van der Waals surface area (Å²) >= 11 is 0. The van der Waals surface area contributed by atoms with Crippen LogP contribution >= 0.6 is 0 Å².